The third-order valence-electron chi connectivity index (χ3n) is 3.55. The van der Waals surface area contributed by atoms with Gasteiger partial charge in [-0.3, -0.25) is 0 Å². The van der Waals surface area contributed by atoms with Crippen LogP contribution in [-0.2, 0) is 13.0 Å². The molecule has 0 aliphatic carbocycles. The van der Waals surface area contributed by atoms with Gasteiger partial charge in [0, 0.05) is 17.6 Å². The number of nitrogens with zero attached hydrogens (tertiary/aromatic N) is 2. The van der Waals surface area contributed by atoms with E-state index < -0.39 is 0 Å². The van der Waals surface area contributed by atoms with Gasteiger partial charge in [0.1, 0.15) is 16.9 Å². The van der Waals surface area contributed by atoms with Gasteiger partial charge in [-0.1, -0.05) is 19.1 Å². The summed E-state index contributed by atoms with van der Waals surface area (Å²) in [4.78, 5) is 10.3. The summed E-state index contributed by atoms with van der Waals surface area (Å²) in [5, 5.41) is 7.64. The van der Waals surface area contributed by atoms with Gasteiger partial charge in [-0.05, 0) is 44.9 Å². The molecular formula is C19H29IN4OS. The number of aromatic nitrogens is 1. The summed E-state index contributed by atoms with van der Waals surface area (Å²) >= 11 is 1.72. The van der Waals surface area contributed by atoms with Crippen molar-refractivity contribution in [1.29, 1.82) is 0 Å². The highest BCUT2D eigenvalue weighted by Gasteiger charge is 2.06. The van der Waals surface area contributed by atoms with Crippen LogP contribution in [0.3, 0.4) is 0 Å². The zero-order chi connectivity index (χ0) is 18.1. The average Bonchev–Trinajstić information content (AvgIpc) is 3.05. The first-order chi connectivity index (χ1) is 12.1. The predicted molar refractivity (Wildman–Crippen MR) is 121 cm³/mol. The smallest absolute Gasteiger partial charge is 0.191 e. The fourth-order valence-corrected chi connectivity index (χ4v) is 3.06. The number of hydrogen-bond donors (Lipinski definition) is 2. The Labute approximate surface area is 177 Å². The maximum absolute atomic E-state index is 5.95. The van der Waals surface area contributed by atoms with Crippen LogP contribution in [0.5, 0.6) is 5.75 Å². The quantitative estimate of drug-likeness (QED) is 0.333. The van der Waals surface area contributed by atoms with Crippen molar-refractivity contribution >= 4 is 41.3 Å². The van der Waals surface area contributed by atoms with E-state index in [9.17, 15) is 0 Å². The van der Waals surface area contributed by atoms with Gasteiger partial charge in [0.05, 0.1) is 13.1 Å². The Morgan fingerprint density at radius 1 is 1.31 bits per heavy atom. The maximum Gasteiger partial charge on any atom is 0.191 e. The van der Waals surface area contributed by atoms with Crippen molar-refractivity contribution in [3.63, 3.8) is 0 Å². The van der Waals surface area contributed by atoms with Gasteiger partial charge in [-0.2, -0.15) is 0 Å². The predicted octanol–water partition coefficient (Wildman–Crippen LogP) is 4.15. The Kier molecular flexibility index (Phi) is 10.6. The van der Waals surface area contributed by atoms with Gasteiger partial charge in [-0.25, -0.2) is 9.98 Å². The first kappa shape index (κ1) is 22.7. The van der Waals surface area contributed by atoms with E-state index in [0.29, 0.717) is 13.1 Å². The summed E-state index contributed by atoms with van der Waals surface area (Å²) < 4.78 is 5.95. The molecule has 0 radical (unpaired) electrons. The molecule has 2 rings (SSSR count). The minimum absolute atomic E-state index is 0. The zero-order valence-electron chi connectivity index (χ0n) is 15.9. The van der Waals surface area contributed by atoms with Crippen LogP contribution in [0.1, 0.15) is 36.2 Å². The highest BCUT2D eigenvalue weighted by atomic mass is 127. The number of guanidine groups is 1. The Balaban J connectivity index is 0.00000338. The molecule has 0 bridgehead atoms. The molecule has 0 amide bonds. The van der Waals surface area contributed by atoms with Crippen LogP contribution in [0, 0.1) is 6.92 Å². The minimum Gasteiger partial charge on any atom is -0.489 e. The third kappa shape index (κ3) is 7.90. The molecule has 0 saturated heterocycles. The summed E-state index contributed by atoms with van der Waals surface area (Å²) in [7, 11) is 0. The van der Waals surface area contributed by atoms with Gasteiger partial charge in [0.2, 0.25) is 0 Å². The monoisotopic (exact) mass is 488 g/mol. The SMILES string of the molecule is CCNC(=NCc1ncc(CC)s1)NCC(C)Oc1cccc(C)c1.I. The molecule has 1 atom stereocenters. The van der Waals surface area contributed by atoms with Crippen LogP contribution < -0.4 is 15.4 Å². The van der Waals surface area contributed by atoms with Crippen LogP contribution in [0.2, 0.25) is 0 Å². The molecule has 144 valence electrons. The molecule has 0 fully saturated rings. The Hall–Kier alpha value is -1.35. The normalized spacial score (nSPS) is 12.2. The largest absolute Gasteiger partial charge is 0.489 e. The molecule has 2 N–H and O–H groups in total. The molecule has 1 aromatic carbocycles. The number of halogens is 1. The lowest BCUT2D eigenvalue weighted by atomic mass is 10.2. The second kappa shape index (κ2) is 12.1. The number of ether oxygens (including phenoxy) is 1. The van der Waals surface area contributed by atoms with Gasteiger partial charge < -0.3 is 15.4 Å². The van der Waals surface area contributed by atoms with Crippen LogP contribution in [0.4, 0.5) is 0 Å². The number of nitrogens with one attached hydrogen (secondary N) is 2. The standard InChI is InChI=1S/C19H28N4OS.HI/c1-5-17-12-21-18(25-17)13-23-19(20-6-2)22-11-15(4)24-16-9-7-8-14(3)10-16;/h7-10,12,15H,5-6,11,13H2,1-4H3,(H2,20,22,23);1H. The van der Waals surface area contributed by atoms with Crippen molar-refractivity contribution in [3.8, 4) is 5.75 Å². The lowest BCUT2D eigenvalue weighted by molar-refractivity contribution is 0.223. The van der Waals surface area contributed by atoms with E-state index in [1.54, 1.807) is 11.3 Å². The number of benzene rings is 1. The summed E-state index contributed by atoms with van der Waals surface area (Å²) in [5.74, 6) is 1.68. The van der Waals surface area contributed by atoms with Gasteiger partial charge in [0.25, 0.3) is 0 Å². The molecule has 7 heteroatoms. The Morgan fingerprint density at radius 2 is 2.12 bits per heavy atom. The van der Waals surface area contributed by atoms with Crippen molar-refractivity contribution in [1.82, 2.24) is 15.6 Å². The van der Waals surface area contributed by atoms with E-state index in [0.717, 1.165) is 29.7 Å². The molecule has 2 aromatic rings. The highest BCUT2D eigenvalue weighted by Crippen LogP contribution is 2.15. The van der Waals surface area contributed by atoms with E-state index in [2.05, 4.69) is 47.4 Å². The fraction of sp³-hybridized carbons (Fsp3) is 0.474. The number of aryl methyl sites for hydroxylation is 2. The van der Waals surface area contributed by atoms with Crippen LogP contribution in [0.15, 0.2) is 35.5 Å². The number of aliphatic imine (C=N–C) groups is 1. The Morgan fingerprint density at radius 3 is 2.77 bits per heavy atom. The molecule has 0 aliphatic rings. The lowest BCUT2D eigenvalue weighted by Crippen LogP contribution is -2.41. The summed E-state index contributed by atoms with van der Waals surface area (Å²) in [6.45, 7) is 10.4. The van der Waals surface area contributed by atoms with E-state index in [1.807, 2.05) is 31.3 Å². The van der Waals surface area contributed by atoms with Crippen molar-refractivity contribution in [2.75, 3.05) is 13.1 Å². The van der Waals surface area contributed by atoms with E-state index in [4.69, 9.17) is 4.74 Å². The van der Waals surface area contributed by atoms with Gasteiger partial charge >= 0.3 is 0 Å². The first-order valence-electron chi connectivity index (χ1n) is 8.79. The molecule has 1 aromatic heterocycles. The van der Waals surface area contributed by atoms with Crippen molar-refractivity contribution < 1.29 is 4.74 Å². The second-order valence-corrected chi connectivity index (χ2v) is 7.09. The molecule has 5 nitrogen and oxygen atoms in total. The van der Waals surface area contributed by atoms with Crippen LogP contribution >= 0.6 is 35.3 Å². The average molecular weight is 488 g/mol. The summed E-state index contributed by atoms with van der Waals surface area (Å²) in [5.41, 5.74) is 1.20. The number of thiazole rings is 1. The summed E-state index contributed by atoms with van der Waals surface area (Å²) in [6, 6.07) is 8.10. The molecule has 0 saturated carbocycles. The Bertz CT molecular complexity index is 690. The van der Waals surface area contributed by atoms with E-state index in [1.165, 1.54) is 10.4 Å². The zero-order valence-corrected chi connectivity index (χ0v) is 19.1. The molecule has 1 heterocycles. The number of hydrogen-bond acceptors (Lipinski definition) is 4. The van der Waals surface area contributed by atoms with Crippen LogP contribution in [0.25, 0.3) is 0 Å². The molecule has 0 aliphatic heterocycles. The fourth-order valence-electron chi connectivity index (χ4n) is 2.28. The highest BCUT2D eigenvalue weighted by molar-refractivity contribution is 14.0. The topological polar surface area (TPSA) is 58.5 Å². The van der Waals surface area contributed by atoms with Crippen LogP contribution in [-0.4, -0.2) is 30.1 Å². The summed E-state index contributed by atoms with van der Waals surface area (Å²) in [6.07, 6.45) is 3.00. The van der Waals surface area contributed by atoms with E-state index >= 15 is 0 Å². The molecule has 0 spiro atoms. The first-order valence-corrected chi connectivity index (χ1v) is 9.61. The minimum atomic E-state index is 0. The van der Waals surface area contributed by atoms with Crippen molar-refractivity contribution in [3.05, 3.63) is 45.9 Å². The molecule has 1 unspecified atom stereocenters. The number of rotatable bonds is 8. The van der Waals surface area contributed by atoms with E-state index in [-0.39, 0.29) is 30.1 Å². The van der Waals surface area contributed by atoms with Crippen molar-refractivity contribution in [2.45, 2.75) is 46.8 Å². The van der Waals surface area contributed by atoms with Gasteiger partial charge in [-0.15, -0.1) is 35.3 Å². The third-order valence-corrected chi connectivity index (χ3v) is 4.68. The van der Waals surface area contributed by atoms with Gasteiger partial charge in [0.15, 0.2) is 5.96 Å². The maximum atomic E-state index is 5.95. The lowest BCUT2D eigenvalue weighted by Gasteiger charge is -2.17. The van der Waals surface area contributed by atoms with Crippen molar-refractivity contribution in [2.24, 2.45) is 4.99 Å². The second-order valence-electron chi connectivity index (χ2n) is 5.89. The molecular weight excluding hydrogens is 459 g/mol. The molecule has 26 heavy (non-hydrogen) atoms.